The predicted molar refractivity (Wildman–Crippen MR) is 114 cm³/mol. The van der Waals surface area contributed by atoms with Gasteiger partial charge in [-0.2, -0.15) is 0 Å². The van der Waals surface area contributed by atoms with Crippen LogP contribution in [0.25, 0.3) is 0 Å². The number of aryl methyl sites for hydroxylation is 1. The molecule has 1 N–H and O–H groups in total. The quantitative estimate of drug-likeness (QED) is 0.727. The zero-order chi connectivity index (χ0) is 20.8. The Morgan fingerprint density at radius 2 is 1.90 bits per heavy atom. The molecule has 0 bridgehead atoms. The van der Waals surface area contributed by atoms with Crippen molar-refractivity contribution >= 4 is 23.2 Å². The van der Waals surface area contributed by atoms with Gasteiger partial charge in [0, 0.05) is 17.7 Å². The van der Waals surface area contributed by atoms with Crippen LogP contribution in [0.4, 0.5) is 11.4 Å². The van der Waals surface area contributed by atoms with Crippen LogP contribution in [-0.4, -0.2) is 31.6 Å². The molecular formula is C23H28N2O4. The van der Waals surface area contributed by atoms with E-state index < -0.39 is 0 Å². The molecule has 0 aliphatic carbocycles. The van der Waals surface area contributed by atoms with E-state index in [9.17, 15) is 9.59 Å². The van der Waals surface area contributed by atoms with Gasteiger partial charge >= 0.3 is 0 Å². The van der Waals surface area contributed by atoms with Crippen LogP contribution in [0.1, 0.15) is 32.3 Å². The SMILES string of the molecule is CCC(CC)C(=O)Nc1ccc2c(c1)OCC(=O)N2CCOc1ccc(C)cc1. The van der Waals surface area contributed by atoms with Crippen LogP contribution in [0.2, 0.25) is 0 Å². The molecule has 2 aromatic carbocycles. The highest BCUT2D eigenvalue weighted by atomic mass is 16.5. The van der Waals surface area contributed by atoms with E-state index in [-0.39, 0.29) is 24.3 Å². The molecule has 0 saturated heterocycles. The van der Waals surface area contributed by atoms with Gasteiger partial charge in [-0.3, -0.25) is 9.59 Å². The van der Waals surface area contributed by atoms with Crippen LogP contribution in [-0.2, 0) is 9.59 Å². The van der Waals surface area contributed by atoms with Gasteiger partial charge in [0.2, 0.25) is 5.91 Å². The van der Waals surface area contributed by atoms with Gasteiger partial charge < -0.3 is 19.7 Å². The Morgan fingerprint density at radius 1 is 1.17 bits per heavy atom. The van der Waals surface area contributed by atoms with Gasteiger partial charge in [0.05, 0.1) is 12.2 Å². The summed E-state index contributed by atoms with van der Waals surface area (Å²) in [5, 5.41) is 2.94. The first-order chi connectivity index (χ1) is 14.0. The smallest absolute Gasteiger partial charge is 0.265 e. The van der Waals surface area contributed by atoms with Gasteiger partial charge in [-0.15, -0.1) is 0 Å². The number of nitrogens with zero attached hydrogens (tertiary/aromatic N) is 1. The highest BCUT2D eigenvalue weighted by Crippen LogP contribution is 2.34. The minimum absolute atomic E-state index is 0.00481. The minimum atomic E-state index is -0.112. The molecule has 0 fully saturated rings. The fourth-order valence-electron chi connectivity index (χ4n) is 3.32. The van der Waals surface area contributed by atoms with Crippen molar-refractivity contribution in [3.63, 3.8) is 0 Å². The molecular weight excluding hydrogens is 368 g/mol. The number of ether oxygens (including phenoxy) is 2. The third-order valence-electron chi connectivity index (χ3n) is 5.13. The second-order valence-electron chi connectivity index (χ2n) is 7.18. The molecule has 2 aromatic rings. The number of hydrogen-bond acceptors (Lipinski definition) is 4. The molecule has 0 spiro atoms. The Balaban J connectivity index is 1.66. The van der Waals surface area contributed by atoms with Crippen LogP contribution >= 0.6 is 0 Å². The monoisotopic (exact) mass is 396 g/mol. The first-order valence-electron chi connectivity index (χ1n) is 10.1. The van der Waals surface area contributed by atoms with Crippen molar-refractivity contribution in [3.8, 4) is 11.5 Å². The lowest BCUT2D eigenvalue weighted by molar-refractivity contribution is -0.121. The lowest BCUT2D eigenvalue weighted by atomic mass is 10.0. The van der Waals surface area contributed by atoms with Crippen molar-refractivity contribution in [3.05, 3.63) is 48.0 Å². The van der Waals surface area contributed by atoms with E-state index in [1.54, 1.807) is 23.1 Å². The average Bonchev–Trinajstić information content (AvgIpc) is 2.72. The van der Waals surface area contributed by atoms with Crippen molar-refractivity contribution in [2.75, 3.05) is 30.0 Å². The second kappa shape index (κ2) is 9.45. The first kappa shape index (κ1) is 20.7. The number of hydrogen-bond donors (Lipinski definition) is 1. The van der Waals surface area contributed by atoms with Crippen LogP contribution in [0.3, 0.4) is 0 Å². The van der Waals surface area contributed by atoms with E-state index in [0.29, 0.717) is 30.3 Å². The maximum absolute atomic E-state index is 12.3. The summed E-state index contributed by atoms with van der Waals surface area (Å²) in [6, 6.07) is 13.2. The average molecular weight is 396 g/mol. The predicted octanol–water partition coefficient (Wildman–Crippen LogP) is 4.17. The number of anilines is 2. The molecule has 1 aliphatic heterocycles. The summed E-state index contributed by atoms with van der Waals surface area (Å²) < 4.78 is 11.4. The van der Waals surface area contributed by atoms with Crippen LogP contribution in [0, 0.1) is 12.8 Å². The number of carbonyl (C=O) groups is 2. The zero-order valence-electron chi connectivity index (χ0n) is 17.2. The largest absolute Gasteiger partial charge is 0.492 e. The van der Waals surface area contributed by atoms with Gasteiger partial charge in [-0.05, 0) is 44.0 Å². The zero-order valence-corrected chi connectivity index (χ0v) is 17.2. The van der Waals surface area contributed by atoms with Gasteiger partial charge in [0.15, 0.2) is 6.61 Å². The number of rotatable bonds is 8. The molecule has 0 saturated carbocycles. The second-order valence-corrected chi connectivity index (χ2v) is 7.18. The molecule has 1 aliphatic rings. The van der Waals surface area contributed by atoms with Gasteiger partial charge in [-0.25, -0.2) is 0 Å². The van der Waals surface area contributed by atoms with Crippen LogP contribution in [0.15, 0.2) is 42.5 Å². The molecule has 1 heterocycles. The van der Waals surface area contributed by atoms with Gasteiger partial charge in [-0.1, -0.05) is 31.5 Å². The summed E-state index contributed by atoms with van der Waals surface area (Å²) in [7, 11) is 0. The molecule has 0 radical (unpaired) electrons. The highest BCUT2D eigenvalue weighted by molar-refractivity contribution is 5.99. The molecule has 0 unspecified atom stereocenters. The molecule has 6 nitrogen and oxygen atoms in total. The Bertz CT molecular complexity index is 860. The lowest BCUT2D eigenvalue weighted by Gasteiger charge is -2.29. The Labute approximate surface area is 171 Å². The Kier molecular flexibility index (Phi) is 6.75. The normalized spacial score (nSPS) is 13.1. The lowest BCUT2D eigenvalue weighted by Crippen LogP contribution is -2.41. The van der Waals surface area contributed by atoms with E-state index in [4.69, 9.17) is 9.47 Å². The minimum Gasteiger partial charge on any atom is -0.492 e. The van der Waals surface area contributed by atoms with Crippen molar-refractivity contribution in [1.29, 1.82) is 0 Å². The topological polar surface area (TPSA) is 67.9 Å². The van der Waals surface area contributed by atoms with E-state index in [1.807, 2.05) is 45.0 Å². The fraction of sp³-hybridized carbons (Fsp3) is 0.391. The third-order valence-corrected chi connectivity index (χ3v) is 5.13. The molecule has 29 heavy (non-hydrogen) atoms. The van der Waals surface area contributed by atoms with Crippen molar-refractivity contribution in [2.45, 2.75) is 33.6 Å². The van der Waals surface area contributed by atoms with Gasteiger partial charge in [0.1, 0.15) is 18.1 Å². The summed E-state index contributed by atoms with van der Waals surface area (Å²) >= 11 is 0. The van der Waals surface area contributed by atoms with Crippen LogP contribution < -0.4 is 19.7 Å². The Hall–Kier alpha value is -3.02. The summed E-state index contributed by atoms with van der Waals surface area (Å²) in [6.45, 7) is 6.80. The number of amides is 2. The fourth-order valence-corrected chi connectivity index (χ4v) is 3.32. The summed E-state index contributed by atoms with van der Waals surface area (Å²) in [6.07, 6.45) is 1.60. The molecule has 3 rings (SSSR count). The van der Waals surface area contributed by atoms with Crippen molar-refractivity contribution < 1.29 is 19.1 Å². The standard InChI is InChI=1S/C23H28N2O4/c1-4-17(5-2)23(27)24-18-8-11-20-21(14-18)29-15-22(26)25(20)12-13-28-19-9-6-16(3)7-10-19/h6-11,14,17H,4-5,12-13,15H2,1-3H3,(H,24,27). The molecule has 0 aromatic heterocycles. The number of benzene rings is 2. The van der Waals surface area contributed by atoms with Gasteiger partial charge in [0.25, 0.3) is 5.91 Å². The van der Waals surface area contributed by atoms with E-state index in [2.05, 4.69) is 5.32 Å². The Morgan fingerprint density at radius 3 is 2.59 bits per heavy atom. The van der Waals surface area contributed by atoms with E-state index >= 15 is 0 Å². The number of fused-ring (bicyclic) bond motifs is 1. The summed E-state index contributed by atoms with van der Waals surface area (Å²) in [5.74, 6) is 1.24. The molecule has 2 amide bonds. The summed E-state index contributed by atoms with van der Waals surface area (Å²) in [5.41, 5.74) is 2.53. The van der Waals surface area contributed by atoms with Crippen molar-refractivity contribution in [2.24, 2.45) is 5.92 Å². The van der Waals surface area contributed by atoms with E-state index in [0.717, 1.165) is 18.6 Å². The number of nitrogens with one attached hydrogen (secondary N) is 1. The van der Waals surface area contributed by atoms with Crippen molar-refractivity contribution in [1.82, 2.24) is 0 Å². The van der Waals surface area contributed by atoms with Crippen LogP contribution in [0.5, 0.6) is 11.5 Å². The third kappa shape index (κ3) is 5.08. The maximum Gasteiger partial charge on any atom is 0.265 e. The highest BCUT2D eigenvalue weighted by Gasteiger charge is 2.26. The summed E-state index contributed by atoms with van der Waals surface area (Å²) in [4.78, 5) is 26.3. The number of carbonyl (C=O) groups excluding carboxylic acids is 2. The molecule has 6 heteroatoms. The first-order valence-corrected chi connectivity index (χ1v) is 10.1. The molecule has 154 valence electrons. The maximum atomic E-state index is 12.3. The molecule has 0 atom stereocenters. The van der Waals surface area contributed by atoms with E-state index in [1.165, 1.54) is 5.56 Å².